The number of benzene rings is 2. The second kappa shape index (κ2) is 12.0. The Morgan fingerprint density at radius 3 is 2.51 bits per heavy atom. The van der Waals surface area contributed by atoms with E-state index in [1.807, 2.05) is 66.8 Å². The number of carbonyl (C=O) groups is 2. The molecule has 8 nitrogen and oxygen atoms in total. The third kappa shape index (κ3) is 5.99. The Hall–Kier alpha value is -3.72. The van der Waals surface area contributed by atoms with Gasteiger partial charge in [0.05, 0.1) is 30.5 Å². The van der Waals surface area contributed by atoms with Crippen molar-refractivity contribution in [1.82, 2.24) is 4.90 Å². The summed E-state index contributed by atoms with van der Waals surface area (Å²) < 4.78 is 17.1. The quantitative estimate of drug-likeness (QED) is 0.417. The maximum absolute atomic E-state index is 12.9. The molecule has 2 aromatic carbocycles. The van der Waals surface area contributed by atoms with E-state index in [2.05, 4.69) is 17.2 Å². The largest absolute Gasteiger partial charge is 0.490 e. The van der Waals surface area contributed by atoms with Crippen molar-refractivity contribution >= 4 is 34.5 Å². The Morgan fingerprint density at radius 1 is 1.03 bits per heavy atom. The second-order valence-corrected chi connectivity index (χ2v) is 9.23. The number of aliphatic imine (C=N–C) groups is 1. The Kier molecular flexibility index (Phi) is 8.55. The standard InChI is InChI=1S/C28H31N3O5S/c1-5-19-8-11-21(12-9-19)30-24(32)17-36-22-13-10-20(16-23(22)34-6-2)26-25(27(33)35-7-3)18(4)29-28-31(26)14-15-37-28/h8-16,26H,5-7,17H2,1-4H3,(H,30,32)/t26-/m0/s1. The van der Waals surface area contributed by atoms with Gasteiger partial charge in [-0.25, -0.2) is 9.79 Å². The van der Waals surface area contributed by atoms with Gasteiger partial charge in [-0.05, 0) is 68.0 Å². The van der Waals surface area contributed by atoms with Gasteiger partial charge in [-0.3, -0.25) is 4.79 Å². The van der Waals surface area contributed by atoms with Crippen LogP contribution in [-0.4, -0.2) is 41.8 Å². The maximum atomic E-state index is 12.9. The lowest BCUT2D eigenvalue weighted by molar-refractivity contribution is -0.139. The average Bonchev–Trinajstić information content (AvgIpc) is 3.36. The van der Waals surface area contributed by atoms with Crippen LogP contribution < -0.4 is 14.8 Å². The number of esters is 1. The molecular weight excluding hydrogens is 490 g/mol. The Morgan fingerprint density at radius 2 is 1.81 bits per heavy atom. The van der Waals surface area contributed by atoms with E-state index >= 15 is 0 Å². The summed E-state index contributed by atoms with van der Waals surface area (Å²) in [5.74, 6) is 0.253. The van der Waals surface area contributed by atoms with Gasteiger partial charge in [-0.1, -0.05) is 36.9 Å². The topological polar surface area (TPSA) is 89.5 Å². The molecule has 0 aliphatic carbocycles. The van der Waals surface area contributed by atoms with Crippen molar-refractivity contribution in [1.29, 1.82) is 0 Å². The molecule has 0 bridgehead atoms. The summed E-state index contributed by atoms with van der Waals surface area (Å²) >= 11 is 1.50. The number of thioether (sulfide) groups is 1. The molecule has 9 heteroatoms. The third-order valence-electron chi connectivity index (χ3n) is 5.90. The van der Waals surface area contributed by atoms with Gasteiger partial charge >= 0.3 is 5.97 Å². The van der Waals surface area contributed by atoms with Gasteiger partial charge in [0.25, 0.3) is 5.91 Å². The summed E-state index contributed by atoms with van der Waals surface area (Å²) in [6, 6.07) is 12.8. The fourth-order valence-corrected chi connectivity index (χ4v) is 4.94. The Balaban J connectivity index is 1.55. The Labute approximate surface area is 221 Å². The molecule has 0 spiro atoms. The van der Waals surface area contributed by atoms with Crippen LogP contribution in [0.4, 0.5) is 5.69 Å². The first-order valence-electron chi connectivity index (χ1n) is 12.3. The molecule has 194 valence electrons. The number of nitrogens with zero attached hydrogens (tertiary/aromatic N) is 2. The number of allylic oxidation sites excluding steroid dienone is 1. The highest BCUT2D eigenvalue weighted by atomic mass is 32.2. The van der Waals surface area contributed by atoms with Gasteiger partial charge < -0.3 is 24.4 Å². The molecule has 2 aromatic rings. The van der Waals surface area contributed by atoms with Crippen LogP contribution in [0.1, 0.15) is 44.9 Å². The van der Waals surface area contributed by atoms with E-state index in [1.54, 1.807) is 13.0 Å². The number of amidine groups is 1. The van der Waals surface area contributed by atoms with Crippen LogP contribution in [-0.2, 0) is 20.7 Å². The maximum Gasteiger partial charge on any atom is 0.338 e. The highest BCUT2D eigenvalue weighted by Gasteiger charge is 2.37. The molecule has 0 radical (unpaired) electrons. The lowest BCUT2D eigenvalue weighted by atomic mass is 9.94. The zero-order chi connectivity index (χ0) is 26.4. The van der Waals surface area contributed by atoms with E-state index in [4.69, 9.17) is 14.2 Å². The third-order valence-corrected chi connectivity index (χ3v) is 6.67. The monoisotopic (exact) mass is 521 g/mol. The van der Waals surface area contributed by atoms with Crippen molar-refractivity contribution in [3.63, 3.8) is 0 Å². The zero-order valence-corrected chi connectivity index (χ0v) is 22.3. The number of amides is 1. The first kappa shape index (κ1) is 26.3. The molecule has 37 heavy (non-hydrogen) atoms. The molecule has 0 aromatic heterocycles. The minimum Gasteiger partial charge on any atom is -0.490 e. The number of aryl methyl sites for hydroxylation is 1. The van der Waals surface area contributed by atoms with Crippen LogP contribution in [0, 0.1) is 0 Å². The van der Waals surface area contributed by atoms with Crippen molar-refractivity contribution in [2.75, 3.05) is 25.1 Å². The summed E-state index contributed by atoms with van der Waals surface area (Å²) in [5.41, 5.74) is 3.82. The van der Waals surface area contributed by atoms with Crippen LogP contribution in [0.25, 0.3) is 0 Å². The normalized spacial score (nSPS) is 16.3. The molecule has 0 saturated heterocycles. The van der Waals surface area contributed by atoms with E-state index < -0.39 is 12.0 Å². The molecule has 0 fully saturated rings. The van der Waals surface area contributed by atoms with Gasteiger partial charge in [-0.2, -0.15) is 0 Å². The fourth-order valence-electron chi connectivity index (χ4n) is 4.14. The van der Waals surface area contributed by atoms with Crippen LogP contribution in [0.3, 0.4) is 0 Å². The number of hydrogen-bond donors (Lipinski definition) is 1. The summed E-state index contributed by atoms with van der Waals surface area (Å²) in [7, 11) is 0. The molecule has 0 saturated carbocycles. The van der Waals surface area contributed by atoms with Crippen molar-refractivity contribution in [2.24, 2.45) is 4.99 Å². The summed E-state index contributed by atoms with van der Waals surface area (Å²) in [6.45, 7) is 8.06. The van der Waals surface area contributed by atoms with Gasteiger partial charge in [0, 0.05) is 11.9 Å². The number of nitrogens with one attached hydrogen (secondary N) is 1. The number of rotatable bonds is 10. The van der Waals surface area contributed by atoms with Crippen LogP contribution in [0.15, 0.2) is 70.3 Å². The van der Waals surface area contributed by atoms with Gasteiger partial charge in [-0.15, -0.1) is 0 Å². The number of carbonyl (C=O) groups excluding carboxylic acids is 2. The fraction of sp³-hybridized carbons (Fsp3) is 0.321. The van der Waals surface area contributed by atoms with Crippen molar-refractivity contribution < 1.29 is 23.8 Å². The molecule has 2 aliphatic rings. The second-order valence-electron chi connectivity index (χ2n) is 8.35. The smallest absolute Gasteiger partial charge is 0.338 e. The van der Waals surface area contributed by atoms with E-state index in [0.29, 0.717) is 35.1 Å². The van der Waals surface area contributed by atoms with Crippen molar-refractivity contribution in [2.45, 2.75) is 40.2 Å². The SMILES string of the molecule is CCOC(=O)C1=C(C)N=C2SC=CN2[C@H]1c1ccc(OCC(=O)Nc2ccc(CC)cc2)c(OCC)c1. The first-order chi connectivity index (χ1) is 17.9. The highest BCUT2D eigenvalue weighted by Crippen LogP contribution is 2.43. The summed E-state index contributed by atoms with van der Waals surface area (Å²) in [6.07, 6.45) is 2.84. The molecule has 1 amide bonds. The van der Waals surface area contributed by atoms with E-state index in [1.165, 1.54) is 17.3 Å². The number of fused-ring (bicyclic) bond motifs is 1. The van der Waals surface area contributed by atoms with Crippen LogP contribution in [0.5, 0.6) is 11.5 Å². The van der Waals surface area contributed by atoms with Crippen LogP contribution >= 0.6 is 11.8 Å². The van der Waals surface area contributed by atoms with E-state index in [-0.39, 0.29) is 19.1 Å². The average molecular weight is 522 g/mol. The van der Waals surface area contributed by atoms with E-state index in [9.17, 15) is 9.59 Å². The zero-order valence-electron chi connectivity index (χ0n) is 21.4. The number of hydrogen-bond acceptors (Lipinski definition) is 8. The minimum atomic E-state index is -0.430. The van der Waals surface area contributed by atoms with Crippen molar-refractivity contribution in [3.8, 4) is 11.5 Å². The van der Waals surface area contributed by atoms with Gasteiger partial charge in [0.2, 0.25) is 0 Å². The molecule has 1 N–H and O–H groups in total. The Bertz CT molecular complexity index is 1250. The molecule has 0 unspecified atom stereocenters. The minimum absolute atomic E-state index is 0.173. The van der Waals surface area contributed by atoms with Gasteiger partial charge in [0.1, 0.15) is 0 Å². The lowest BCUT2D eigenvalue weighted by Crippen LogP contribution is -2.34. The van der Waals surface area contributed by atoms with Crippen molar-refractivity contribution in [3.05, 3.63) is 76.5 Å². The molecule has 1 atom stereocenters. The molecule has 4 rings (SSSR count). The van der Waals surface area contributed by atoms with Gasteiger partial charge in [0.15, 0.2) is 23.3 Å². The lowest BCUT2D eigenvalue weighted by Gasteiger charge is -2.33. The van der Waals surface area contributed by atoms with E-state index in [0.717, 1.165) is 17.2 Å². The first-order valence-corrected chi connectivity index (χ1v) is 13.2. The molecule has 2 aliphatic heterocycles. The predicted molar refractivity (Wildman–Crippen MR) is 146 cm³/mol. The molecule has 2 heterocycles. The predicted octanol–water partition coefficient (Wildman–Crippen LogP) is 5.43. The highest BCUT2D eigenvalue weighted by molar-refractivity contribution is 8.16. The molecular formula is C28H31N3O5S. The summed E-state index contributed by atoms with van der Waals surface area (Å²) in [5, 5.41) is 5.57. The number of anilines is 1. The van der Waals surface area contributed by atoms with Crippen LogP contribution in [0.2, 0.25) is 0 Å². The summed E-state index contributed by atoms with van der Waals surface area (Å²) in [4.78, 5) is 32.0. The number of ether oxygens (including phenoxy) is 3.